The predicted molar refractivity (Wildman–Crippen MR) is 82.2 cm³/mol. The smallest absolute Gasteiger partial charge is 0.00946 e. The van der Waals surface area contributed by atoms with Crippen molar-refractivity contribution >= 4 is 11.8 Å². The van der Waals surface area contributed by atoms with Crippen LogP contribution >= 0.6 is 11.8 Å². The monoisotopic (exact) mass is 262 g/mol. The van der Waals surface area contributed by atoms with Gasteiger partial charge in [0.05, 0.1) is 0 Å². The van der Waals surface area contributed by atoms with E-state index in [9.17, 15) is 0 Å². The zero-order valence-corrected chi connectivity index (χ0v) is 13.0. The number of aryl methyl sites for hydroxylation is 1. The van der Waals surface area contributed by atoms with Crippen LogP contribution in [-0.4, -0.2) is 5.25 Å². The molecule has 0 bridgehead atoms. The molecule has 1 fully saturated rings. The Balaban J connectivity index is 1.85. The first-order valence-corrected chi connectivity index (χ1v) is 8.06. The first kappa shape index (κ1) is 14.0. The van der Waals surface area contributed by atoms with E-state index in [1.54, 1.807) is 0 Å². The van der Waals surface area contributed by atoms with Crippen molar-refractivity contribution in [3.05, 3.63) is 29.8 Å². The molecule has 1 aliphatic rings. The number of hydrogen-bond acceptors (Lipinski definition) is 1. The highest BCUT2D eigenvalue weighted by atomic mass is 32.2. The molecular weight excluding hydrogens is 236 g/mol. The van der Waals surface area contributed by atoms with Crippen molar-refractivity contribution in [2.45, 2.75) is 63.5 Å². The lowest BCUT2D eigenvalue weighted by Crippen LogP contribution is -2.26. The van der Waals surface area contributed by atoms with Crippen LogP contribution in [0.5, 0.6) is 0 Å². The van der Waals surface area contributed by atoms with Crippen molar-refractivity contribution in [2.24, 2.45) is 11.3 Å². The Labute approximate surface area is 117 Å². The third-order valence-corrected chi connectivity index (χ3v) is 5.57. The Hall–Kier alpha value is -0.430. The van der Waals surface area contributed by atoms with Crippen molar-refractivity contribution in [2.75, 3.05) is 0 Å². The fourth-order valence-corrected chi connectivity index (χ4v) is 4.04. The van der Waals surface area contributed by atoms with Gasteiger partial charge in [0, 0.05) is 10.1 Å². The first-order chi connectivity index (χ1) is 8.45. The number of thioether (sulfide) groups is 1. The molecule has 1 heteroatoms. The van der Waals surface area contributed by atoms with Gasteiger partial charge in [0.25, 0.3) is 0 Å². The predicted octanol–water partition coefficient (Wildman–Crippen LogP) is 5.69. The van der Waals surface area contributed by atoms with Crippen molar-refractivity contribution in [3.8, 4) is 0 Å². The Morgan fingerprint density at radius 2 is 1.50 bits per heavy atom. The van der Waals surface area contributed by atoms with E-state index in [0.29, 0.717) is 5.41 Å². The molecule has 0 aromatic heterocycles. The van der Waals surface area contributed by atoms with Gasteiger partial charge in [0.2, 0.25) is 0 Å². The normalized spacial score (nSPS) is 25.1. The standard InChI is InChI=1S/C17H26S/c1-13-5-9-15(10-6-13)18-16-11-7-14(8-12-16)17(2,3)4/h5-6,9-10,14,16H,7-8,11-12H2,1-4H3. The molecule has 0 N–H and O–H groups in total. The summed E-state index contributed by atoms with van der Waals surface area (Å²) in [4.78, 5) is 1.44. The van der Waals surface area contributed by atoms with E-state index in [-0.39, 0.29) is 0 Å². The minimum Gasteiger partial charge on any atom is -0.123 e. The van der Waals surface area contributed by atoms with Gasteiger partial charge in [-0.2, -0.15) is 0 Å². The minimum absolute atomic E-state index is 0.499. The van der Waals surface area contributed by atoms with Crippen LogP contribution in [0, 0.1) is 18.3 Å². The second-order valence-corrected chi connectivity index (χ2v) is 8.14. The van der Waals surface area contributed by atoms with Gasteiger partial charge in [-0.05, 0) is 56.1 Å². The Bertz CT molecular complexity index is 364. The van der Waals surface area contributed by atoms with Gasteiger partial charge < -0.3 is 0 Å². The van der Waals surface area contributed by atoms with Crippen LogP contribution in [0.2, 0.25) is 0 Å². The van der Waals surface area contributed by atoms with Crippen LogP contribution in [0.25, 0.3) is 0 Å². The van der Waals surface area contributed by atoms with Crippen molar-refractivity contribution in [1.82, 2.24) is 0 Å². The fraction of sp³-hybridized carbons (Fsp3) is 0.647. The average Bonchev–Trinajstić information content (AvgIpc) is 2.32. The summed E-state index contributed by atoms with van der Waals surface area (Å²) in [6, 6.07) is 9.00. The number of hydrogen-bond donors (Lipinski definition) is 0. The highest BCUT2D eigenvalue weighted by molar-refractivity contribution is 8.00. The second kappa shape index (κ2) is 5.69. The summed E-state index contributed by atoms with van der Waals surface area (Å²) in [5.41, 5.74) is 1.86. The Kier molecular flexibility index (Phi) is 4.42. The van der Waals surface area contributed by atoms with E-state index in [2.05, 4.69) is 63.7 Å². The SMILES string of the molecule is Cc1ccc(SC2CCC(C(C)(C)C)CC2)cc1. The zero-order valence-electron chi connectivity index (χ0n) is 12.2. The Morgan fingerprint density at radius 1 is 0.944 bits per heavy atom. The first-order valence-electron chi connectivity index (χ1n) is 7.18. The number of benzene rings is 1. The lowest BCUT2D eigenvalue weighted by Gasteiger charge is -2.36. The molecular formula is C17H26S. The number of rotatable bonds is 2. The molecule has 0 amide bonds. The minimum atomic E-state index is 0.499. The van der Waals surface area contributed by atoms with Crippen molar-refractivity contribution < 1.29 is 0 Å². The molecule has 1 aromatic carbocycles. The topological polar surface area (TPSA) is 0 Å². The second-order valence-electron chi connectivity index (χ2n) is 6.77. The fourth-order valence-electron chi connectivity index (χ4n) is 2.86. The molecule has 0 unspecified atom stereocenters. The summed E-state index contributed by atoms with van der Waals surface area (Å²) in [7, 11) is 0. The molecule has 2 rings (SSSR count). The molecule has 0 spiro atoms. The maximum absolute atomic E-state index is 2.39. The van der Waals surface area contributed by atoms with Gasteiger partial charge in [-0.15, -0.1) is 11.8 Å². The highest BCUT2D eigenvalue weighted by Gasteiger charge is 2.29. The zero-order chi connectivity index (χ0) is 13.2. The van der Waals surface area contributed by atoms with Gasteiger partial charge in [0.1, 0.15) is 0 Å². The maximum Gasteiger partial charge on any atom is 0.00946 e. The lowest BCUT2D eigenvalue weighted by atomic mass is 9.72. The van der Waals surface area contributed by atoms with E-state index in [0.717, 1.165) is 11.2 Å². The van der Waals surface area contributed by atoms with Crippen molar-refractivity contribution in [3.63, 3.8) is 0 Å². The van der Waals surface area contributed by atoms with E-state index in [1.807, 2.05) is 0 Å². The largest absolute Gasteiger partial charge is 0.123 e. The molecule has 18 heavy (non-hydrogen) atoms. The van der Waals surface area contributed by atoms with Crippen LogP contribution in [0.4, 0.5) is 0 Å². The van der Waals surface area contributed by atoms with E-state index in [1.165, 1.54) is 36.1 Å². The molecule has 1 saturated carbocycles. The van der Waals surface area contributed by atoms with E-state index >= 15 is 0 Å². The van der Waals surface area contributed by atoms with Gasteiger partial charge in [-0.1, -0.05) is 38.5 Å². The quantitative estimate of drug-likeness (QED) is 0.659. The van der Waals surface area contributed by atoms with Crippen LogP contribution in [0.3, 0.4) is 0 Å². The molecule has 100 valence electrons. The molecule has 0 radical (unpaired) electrons. The van der Waals surface area contributed by atoms with Crippen LogP contribution in [0.1, 0.15) is 52.0 Å². The molecule has 0 aliphatic heterocycles. The van der Waals surface area contributed by atoms with E-state index in [4.69, 9.17) is 0 Å². The summed E-state index contributed by atoms with van der Waals surface area (Å²) >= 11 is 2.09. The third kappa shape index (κ3) is 3.78. The van der Waals surface area contributed by atoms with E-state index < -0.39 is 0 Å². The highest BCUT2D eigenvalue weighted by Crippen LogP contribution is 2.42. The molecule has 0 heterocycles. The molecule has 0 saturated heterocycles. The molecule has 1 aliphatic carbocycles. The van der Waals surface area contributed by atoms with Gasteiger partial charge in [-0.3, -0.25) is 0 Å². The van der Waals surface area contributed by atoms with Gasteiger partial charge in [-0.25, -0.2) is 0 Å². The third-order valence-electron chi connectivity index (χ3n) is 4.22. The summed E-state index contributed by atoms with van der Waals surface area (Å²) in [6.07, 6.45) is 5.60. The van der Waals surface area contributed by atoms with Crippen molar-refractivity contribution in [1.29, 1.82) is 0 Å². The van der Waals surface area contributed by atoms with Crippen LogP contribution in [-0.2, 0) is 0 Å². The molecule has 0 nitrogen and oxygen atoms in total. The maximum atomic E-state index is 2.39. The van der Waals surface area contributed by atoms with Crippen LogP contribution < -0.4 is 0 Å². The molecule has 1 aromatic rings. The Morgan fingerprint density at radius 3 is 2.00 bits per heavy atom. The summed E-state index contributed by atoms with van der Waals surface area (Å²) in [5, 5.41) is 0.839. The summed E-state index contributed by atoms with van der Waals surface area (Å²) in [5.74, 6) is 0.923. The van der Waals surface area contributed by atoms with Gasteiger partial charge in [0.15, 0.2) is 0 Å². The summed E-state index contributed by atoms with van der Waals surface area (Å²) < 4.78 is 0. The average molecular weight is 262 g/mol. The summed E-state index contributed by atoms with van der Waals surface area (Å²) in [6.45, 7) is 9.34. The molecule has 0 atom stereocenters. The van der Waals surface area contributed by atoms with Gasteiger partial charge >= 0.3 is 0 Å². The van der Waals surface area contributed by atoms with Crippen LogP contribution in [0.15, 0.2) is 29.2 Å². The lowest BCUT2D eigenvalue weighted by molar-refractivity contribution is 0.182.